The normalized spacial score (nSPS) is 14.5. The van der Waals surface area contributed by atoms with Gasteiger partial charge >= 0.3 is 0 Å². The highest BCUT2D eigenvalue weighted by Gasteiger charge is 2.22. The third-order valence-corrected chi connectivity index (χ3v) is 5.53. The first-order valence-corrected chi connectivity index (χ1v) is 10.2. The van der Waals surface area contributed by atoms with E-state index in [4.69, 9.17) is 18.9 Å². The van der Waals surface area contributed by atoms with Crippen molar-refractivity contribution >= 4 is 21.8 Å². The van der Waals surface area contributed by atoms with E-state index in [0.717, 1.165) is 27.1 Å². The molecular formula is C21H22BrNO5. The summed E-state index contributed by atoms with van der Waals surface area (Å²) in [4.78, 5) is 14.8. The van der Waals surface area contributed by atoms with E-state index in [9.17, 15) is 4.79 Å². The van der Waals surface area contributed by atoms with Gasteiger partial charge in [-0.2, -0.15) is 0 Å². The molecule has 0 radical (unpaired) electrons. The average Bonchev–Trinajstić information content (AvgIpc) is 2.72. The van der Waals surface area contributed by atoms with Gasteiger partial charge in [0.2, 0.25) is 5.91 Å². The van der Waals surface area contributed by atoms with Gasteiger partial charge in [0.15, 0.2) is 23.0 Å². The third kappa shape index (κ3) is 3.90. The molecule has 0 atom stereocenters. The van der Waals surface area contributed by atoms with Crippen molar-refractivity contribution in [3.05, 3.63) is 45.9 Å². The van der Waals surface area contributed by atoms with E-state index in [-0.39, 0.29) is 12.3 Å². The van der Waals surface area contributed by atoms with Crippen molar-refractivity contribution < 1.29 is 23.7 Å². The maximum absolute atomic E-state index is 13.0. The Hall–Kier alpha value is -2.41. The van der Waals surface area contributed by atoms with Gasteiger partial charge in [-0.15, -0.1) is 0 Å². The van der Waals surface area contributed by atoms with Crippen molar-refractivity contribution in [2.24, 2.45) is 0 Å². The number of rotatable bonds is 5. The lowest BCUT2D eigenvalue weighted by atomic mass is 10.1. The molecule has 1 amide bonds. The van der Waals surface area contributed by atoms with E-state index < -0.39 is 0 Å². The number of nitrogens with zero attached hydrogens (tertiary/aromatic N) is 1. The number of likely N-dealkylation sites (N-methyl/N-ethyl adjacent to an activating group) is 1. The number of carbonyl (C=O) groups is 1. The smallest absolute Gasteiger partial charge is 0.227 e. The Morgan fingerprint density at radius 3 is 2.39 bits per heavy atom. The first-order valence-electron chi connectivity index (χ1n) is 9.39. The van der Waals surface area contributed by atoms with Crippen LogP contribution < -0.4 is 18.9 Å². The molecule has 0 saturated carbocycles. The minimum absolute atomic E-state index is 0.0363. The van der Waals surface area contributed by atoms with E-state index >= 15 is 0 Å². The van der Waals surface area contributed by atoms with Crippen LogP contribution in [0.25, 0.3) is 0 Å². The fraction of sp³-hybridized carbons (Fsp3) is 0.381. The van der Waals surface area contributed by atoms with Gasteiger partial charge in [0.1, 0.15) is 26.4 Å². The summed E-state index contributed by atoms with van der Waals surface area (Å²) >= 11 is 3.55. The molecule has 6 nitrogen and oxygen atoms in total. The Labute approximate surface area is 172 Å². The van der Waals surface area contributed by atoms with Crippen LogP contribution in [0.5, 0.6) is 23.0 Å². The van der Waals surface area contributed by atoms with Crippen LogP contribution in [0.2, 0.25) is 0 Å². The molecule has 2 aromatic rings. The quantitative estimate of drug-likeness (QED) is 0.700. The predicted molar refractivity (Wildman–Crippen MR) is 107 cm³/mol. The SMILES string of the molecule is CCN(Cc1cccc2c1OCCO2)C(=O)Cc1cc2c(cc1Br)OCCO2. The van der Waals surface area contributed by atoms with Crippen molar-refractivity contribution in [2.45, 2.75) is 19.9 Å². The predicted octanol–water partition coefficient (Wildman–Crippen LogP) is 3.58. The van der Waals surface area contributed by atoms with Gasteiger partial charge in [0, 0.05) is 23.1 Å². The zero-order valence-electron chi connectivity index (χ0n) is 15.7. The van der Waals surface area contributed by atoms with Gasteiger partial charge in [-0.1, -0.05) is 28.1 Å². The topological polar surface area (TPSA) is 57.2 Å². The molecule has 0 fully saturated rings. The summed E-state index contributed by atoms with van der Waals surface area (Å²) in [7, 11) is 0. The number of benzene rings is 2. The molecule has 2 aliphatic heterocycles. The van der Waals surface area contributed by atoms with Crippen LogP contribution in [-0.2, 0) is 17.8 Å². The maximum atomic E-state index is 13.0. The Morgan fingerprint density at radius 1 is 0.964 bits per heavy atom. The Kier molecular flexibility index (Phi) is 5.62. The molecule has 28 heavy (non-hydrogen) atoms. The molecule has 2 aliphatic rings. The van der Waals surface area contributed by atoms with Crippen molar-refractivity contribution in [2.75, 3.05) is 33.0 Å². The molecule has 2 heterocycles. The van der Waals surface area contributed by atoms with Crippen molar-refractivity contribution in [3.63, 3.8) is 0 Å². The summed E-state index contributed by atoms with van der Waals surface area (Å²) < 4.78 is 23.5. The zero-order chi connectivity index (χ0) is 19.5. The number of amides is 1. The summed E-state index contributed by atoms with van der Waals surface area (Å²) in [5, 5.41) is 0. The monoisotopic (exact) mass is 447 g/mol. The fourth-order valence-electron chi connectivity index (χ4n) is 3.36. The standard InChI is InChI=1S/C21H22BrNO5/c1-2-23(13-14-4-3-5-17-21(14)28-9-8-25-17)20(24)11-15-10-18-19(12-16(15)22)27-7-6-26-18/h3-5,10,12H,2,6-9,11,13H2,1H3. The number of hydrogen-bond donors (Lipinski definition) is 0. The van der Waals surface area contributed by atoms with Crippen molar-refractivity contribution in [1.82, 2.24) is 4.90 Å². The van der Waals surface area contributed by atoms with Crippen LogP contribution in [0.4, 0.5) is 0 Å². The summed E-state index contributed by atoms with van der Waals surface area (Å²) in [6.07, 6.45) is 0.275. The lowest BCUT2D eigenvalue weighted by Gasteiger charge is -2.26. The third-order valence-electron chi connectivity index (χ3n) is 4.80. The number of para-hydroxylation sites is 1. The van der Waals surface area contributed by atoms with Crippen LogP contribution in [0, 0.1) is 0 Å². The molecule has 0 bridgehead atoms. The second-order valence-electron chi connectivity index (χ2n) is 6.61. The minimum atomic E-state index is 0.0363. The average molecular weight is 448 g/mol. The second kappa shape index (κ2) is 8.31. The van der Waals surface area contributed by atoms with E-state index in [0.29, 0.717) is 51.0 Å². The molecule has 0 unspecified atom stereocenters. The summed E-state index contributed by atoms with van der Waals surface area (Å²) in [6.45, 7) is 5.18. The molecule has 0 spiro atoms. The first-order chi connectivity index (χ1) is 13.7. The van der Waals surface area contributed by atoms with Crippen LogP contribution in [-0.4, -0.2) is 43.8 Å². The highest BCUT2D eigenvalue weighted by atomic mass is 79.9. The molecule has 0 N–H and O–H groups in total. The first kappa shape index (κ1) is 18.9. The molecule has 7 heteroatoms. The Morgan fingerprint density at radius 2 is 1.64 bits per heavy atom. The largest absolute Gasteiger partial charge is 0.486 e. The van der Waals surface area contributed by atoms with E-state index in [1.807, 2.05) is 42.2 Å². The van der Waals surface area contributed by atoms with Crippen molar-refractivity contribution in [3.8, 4) is 23.0 Å². The number of fused-ring (bicyclic) bond motifs is 2. The molecule has 0 aromatic heterocycles. The van der Waals surface area contributed by atoms with Crippen molar-refractivity contribution in [1.29, 1.82) is 0 Å². The van der Waals surface area contributed by atoms with Crippen LogP contribution in [0.3, 0.4) is 0 Å². The second-order valence-corrected chi connectivity index (χ2v) is 7.47. The molecule has 148 valence electrons. The Balaban J connectivity index is 1.51. The number of hydrogen-bond acceptors (Lipinski definition) is 5. The molecule has 4 rings (SSSR count). The zero-order valence-corrected chi connectivity index (χ0v) is 17.3. The fourth-order valence-corrected chi connectivity index (χ4v) is 3.82. The number of halogens is 1. The summed E-state index contributed by atoms with van der Waals surface area (Å²) in [6, 6.07) is 9.54. The van der Waals surface area contributed by atoms with Gasteiger partial charge in [0.05, 0.1) is 6.42 Å². The lowest BCUT2D eigenvalue weighted by molar-refractivity contribution is -0.130. The van der Waals surface area contributed by atoms with Gasteiger partial charge in [-0.25, -0.2) is 0 Å². The van der Waals surface area contributed by atoms with Crippen LogP contribution in [0.1, 0.15) is 18.1 Å². The highest BCUT2D eigenvalue weighted by molar-refractivity contribution is 9.10. The van der Waals surface area contributed by atoms with Gasteiger partial charge in [-0.3, -0.25) is 4.79 Å². The molecule has 2 aromatic carbocycles. The minimum Gasteiger partial charge on any atom is -0.486 e. The number of ether oxygens (including phenoxy) is 4. The van der Waals surface area contributed by atoms with Crippen LogP contribution in [0.15, 0.2) is 34.8 Å². The highest BCUT2D eigenvalue weighted by Crippen LogP contribution is 2.37. The summed E-state index contributed by atoms with van der Waals surface area (Å²) in [5.41, 5.74) is 1.83. The van der Waals surface area contributed by atoms with Gasteiger partial charge in [0.25, 0.3) is 0 Å². The van der Waals surface area contributed by atoms with Crippen LogP contribution >= 0.6 is 15.9 Å². The molecular weight excluding hydrogens is 426 g/mol. The van der Waals surface area contributed by atoms with E-state index in [2.05, 4.69) is 15.9 Å². The lowest BCUT2D eigenvalue weighted by Crippen LogP contribution is -2.32. The maximum Gasteiger partial charge on any atom is 0.227 e. The van der Waals surface area contributed by atoms with Gasteiger partial charge < -0.3 is 23.8 Å². The Bertz CT molecular complexity index is 885. The summed E-state index contributed by atoms with van der Waals surface area (Å²) in [5.74, 6) is 2.90. The van der Waals surface area contributed by atoms with E-state index in [1.54, 1.807) is 0 Å². The number of carbonyl (C=O) groups excluding carboxylic acids is 1. The van der Waals surface area contributed by atoms with E-state index in [1.165, 1.54) is 0 Å². The molecule has 0 saturated heterocycles. The molecule has 0 aliphatic carbocycles. The van der Waals surface area contributed by atoms with Gasteiger partial charge in [-0.05, 0) is 30.7 Å².